The van der Waals surface area contributed by atoms with Crippen LogP contribution in [0.1, 0.15) is 18.4 Å². The molecule has 24 heavy (non-hydrogen) atoms. The molecule has 0 unspecified atom stereocenters. The molecule has 0 bridgehead atoms. The molecule has 0 aromatic heterocycles. The molecule has 1 aromatic rings. The van der Waals surface area contributed by atoms with Crippen molar-refractivity contribution in [2.45, 2.75) is 24.8 Å². The molecular weight excluding hydrogens is 310 g/mol. The molecule has 4 N–H and O–H groups in total. The zero-order valence-electron chi connectivity index (χ0n) is 13.3. The predicted molar refractivity (Wildman–Crippen MR) is 89.1 cm³/mol. The number of ether oxygens (including phenoxy) is 1. The number of hydrogen-bond acceptors (Lipinski definition) is 4. The topological polar surface area (TPSA) is 111 Å². The van der Waals surface area contributed by atoms with Gasteiger partial charge in [-0.25, -0.2) is 0 Å². The molecule has 3 amide bonds. The maximum atomic E-state index is 12.3. The van der Waals surface area contributed by atoms with E-state index in [9.17, 15) is 14.4 Å². The number of carbonyl (C=O) groups is 3. The van der Waals surface area contributed by atoms with Gasteiger partial charge in [0.25, 0.3) is 0 Å². The lowest BCUT2D eigenvalue weighted by molar-refractivity contribution is -0.135. The molecular formula is C17H21N3O4. The lowest BCUT2D eigenvalue weighted by Gasteiger charge is -2.35. The van der Waals surface area contributed by atoms with Gasteiger partial charge in [-0.05, 0) is 23.8 Å². The molecule has 1 aliphatic rings. The van der Waals surface area contributed by atoms with Gasteiger partial charge in [-0.3, -0.25) is 14.4 Å². The summed E-state index contributed by atoms with van der Waals surface area (Å²) in [6.07, 6.45) is 2.05. The van der Waals surface area contributed by atoms with Gasteiger partial charge in [-0.15, -0.1) is 0 Å². The van der Waals surface area contributed by atoms with E-state index in [1.54, 1.807) is 24.3 Å². The van der Waals surface area contributed by atoms with Crippen LogP contribution in [-0.2, 0) is 25.5 Å². The first-order valence-electron chi connectivity index (χ1n) is 7.66. The number of benzene rings is 1. The Morgan fingerprint density at radius 3 is 2.38 bits per heavy atom. The van der Waals surface area contributed by atoms with Gasteiger partial charge in [-0.1, -0.05) is 18.7 Å². The van der Waals surface area contributed by atoms with E-state index in [-0.39, 0.29) is 18.2 Å². The summed E-state index contributed by atoms with van der Waals surface area (Å²) >= 11 is 0. The molecule has 1 fully saturated rings. The van der Waals surface area contributed by atoms with Gasteiger partial charge in [0.15, 0.2) is 0 Å². The number of amides is 3. The highest BCUT2D eigenvalue weighted by atomic mass is 16.5. The molecule has 1 aliphatic heterocycles. The van der Waals surface area contributed by atoms with Crippen LogP contribution in [0.3, 0.4) is 0 Å². The highest BCUT2D eigenvalue weighted by molar-refractivity contribution is 5.98. The number of primary amides is 1. The average molecular weight is 331 g/mol. The quantitative estimate of drug-likeness (QED) is 0.659. The molecule has 0 atom stereocenters. The zero-order chi connectivity index (χ0) is 17.6. The minimum Gasteiger partial charge on any atom is -0.381 e. The zero-order valence-corrected chi connectivity index (χ0v) is 13.3. The third-order valence-electron chi connectivity index (χ3n) is 3.97. The third kappa shape index (κ3) is 4.42. The van der Waals surface area contributed by atoms with Crippen molar-refractivity contribution in [3.63, 3.8) is 0 Å². The van der Waals surface area contributed by atoms with Crippen molar-refractivity contribution in [2.75, 3.05) is 18.5 Å². The summed E-state index contributed by atoms with van der Waals surface area (Å²) < 4.78 is 5.23. The Labute approximate surface area is 140 Å². The fourth-order valence-corrected chi connectivity index (χ4v) is 2.55. The van der Waals surface area contributed by atoms with E-state index in [2.05, 4.69) is 17.2 Å². The minimum atomic E-state index is -1.03. The van der Waals surface area contributed by atoms with E-state index in [1.165, 1.54) is 6.08 Å². The van der Waals surface area contributed by atoms with Crippen LogP contribution < -0.4 is 16.4 Å². The van der Waals surface area contributed by atoms with Crippen LogP contribution >= 0.6 is 0 Å². The number of hydrogen-bond donors (Lipinski definition) is 3. The Morgan fingerprint density at radius 2 is 1.83 bits per heavy atom. The molecule has 7 nitrogen and oxygen atoms in total. The van der Waals surface area contributed by atoms with E-state index < -0.39 is 11.4 Å². The van der Waals surface area contributed by atoms with Gasteiger partial charge in [-0.2, -0.15) is 0 Å². The van der Waals surface area contributed by atoms with Gasteiger partial charge in [0.2, 0.25) is 17.7 Å². The SMILES string of the molecule is C=CC(=O)Nc1ccc(CC(=O)NC2(C(N)=O)CCOCC2)cc1. The van der Waals surface area contributed by atoms with Crippen LogP contribution in [0.5, 0.6) is 0 Å². The standard InChI is InChI=1S/C17H21N3O4/c1-2-14(21)19-13-5-3-12(4-6-13)11-15(22)20-17(16(18)23)7-9-24-10-8-17/h2-6H,1,7-11H2,(H2,18,23)(H,19,21)(H,20,22). The third-order valence-corrected chi connectivity index (χ3v) is 3.97. The van der Waals surface area contributed by atoms with Gasteiger partial charge < -0.3 is 21.1 Å². The summed E-state index contributed by atoms with van der Waals surface area (Å²) in [6, 6.07) is 6.86. The van der Waals surface area contributed by atoms with Crippen molar-refractivity contribution >= 4 is 23.4 Å². The predicted octanol–water partition coefficient (Wildman–Crippen LogP) is 0.504. The summed E-state index contributed by atoms with van der Waals surface area (Å²) in [5.41, 5.74) is 5.80. The largest absolute Gasteiger partial charge is 0.381 e. The first kappa shape index (κ1) is 17.7. The number of carbonyl (C=O) groups excluding carboxylic acids is 3. The molecule has 7 heteroatoms. The lowest BCUT2D eigenvalue weighted by atomic mass is 9.89. The van der Waals surface area contributed by atoms with E-state index in [0.29, 0.717) is 31.7 Å². The summed E-state index contributed by atoms with van der Waals surface area (Å²) in [6.45, 7) is 4.16. The lowest BCUT2D eigenvalue weighted by Crippen LogP contribution is -2.60. The van der Waals surface area contributed by atoms with E-state index in [4.69, 9.17) is 10.5 Å². The molecule has 1 aromatic carbocycles. The van der Waals surface area contributed by atoms with Crippen LogP contribution in [0, 0.1) is 0 Å². The Hall–Kier alpha value is -2.67. The Morgan fingerprint density at radius 1 is 1.21 bits per heavy atom. The minimum absolute atomic E-state index is 0.117. The summed E-state index contributed by atoms with van der Waals surface area (Å²) in [5.74, 6) is -1.12. The molecule has 2 rings (SSSR count). The molecule has 1 heterocycles. The van der Waals surface area contributed by atoms with E-state index >= 15 is 0 Å². The van der Waals surface area contributed by atoms with Crippen molar-refractivity contribution in [3.8, 4) is 0 Å². The first-order chi connectivity index (χ1) is 11.4. The Balaban J connectivity index is 1.97. The smallest absolute Gasteiger partial charge is 0.247 e. The van der Waals surface area contributed by atoms with Crippen LogP contribution in [0.15, 0.2) is 36.9 Å². The molecule has 0 spiro atoms. The van der Waals surface area contributed by atoms with Crippen LogP contribution in [-0.4, -0.2) is 36.5 Å². The van der Waals surface area contributed by atoms with Gasteiger partial charge in [0.1, 0.15) is 5.54 Å². The van der Waals surface area contributed by atoms with E-state index in [1.807, 2.05) is 0 Å². The van der Waals surface area contributed by atoms with Gasteiger partial charge in [0, 0.05) is 31.7 Å². The summed E-state index contributed by atoms with van der Waals surface area (Å²) in [5, 5.41) is 5.39. The highest BCUT2D eigenvalue weighted by Gasteiger charge is 2.39. The molecule has 0 radical (unpaired) electrons. The van der Waals surface area contributed by atoms with Crippen LogP contribution in [0.4, 0.5) is 5.69 Å². The van der Waals surface area contributed by atoms with Crippen LogP contribution in [0.2, 0.25) is 0 Å². The molecule has 128 valence electrons. The second-order valence-electron chi connectivity index (χ2n) is 5.67. The van der Waals surface area contributed by atoms with Crippen molar-refractivity contribution < 1.29 is 19.1 Å². The molecule has 1 saturated heterocycles. The molecule has 0 saturated carbocycles. The van der Waals surface area contributed by atoms with E-state index in [0.717, 1.165) is 5.56 Å². The fraction of sp³-hybridized carbons (Fsp3) is 0.353. The normalized spacial score (nSPS) is 16.0. The van der Waals surface area contributed by atoms with Crippen molar-refractivity contribution in [3.05, 3.63) is 42.5 Å². The maximum absolute atomic E-state index is 12.3. The number of rotatable bonds is 6. The monoisotopic (exact) mass is 331 g/mol. The second kappa shape index (κ2) is 7.74. The van der Waals surface area contributed by atoms with Crippen molar-refractivity contribution in [1.82, 2.24) is 5.32 Å². The van der Waals surface area contributed by atoms with Crippen molar-refractivity contribution in [1.29, 1.82) is 0 Å². The first-order valence-corrected chi connectivity index (χ1v) is 7.66. The number of nitrogens with two attached hydrogens (primary N) is 1. The van der Waals surface area contributed by atoms with Crippen LogP contribution in [0.25, 0.3) is 0 Å². The maximum Gasteiger partial charge on any atom is 0.247 e. The summed E-state index contributed by atoms with van der Waals surface area (Å²) in [7, 11) is 0. The van der Waals surface area contributed by atoms with Gasteiger partial charge in [0.05, 0.1) is 6.42 Å². The van der Waals surface area contributed by atoms with Crippen molar-refractivity contribution in [2.24, 2.45) is 5.73 Å². The highest BCUT2D eigenvalue weighted by Crippen LogP contribution is 2.20. The summed E-state index contributed by atoms with van der Waals surface area (Å²) in [4.78, 5) is 35.2. The number of anilines is 1. The second-order valence-corrected chi connectivity index (χ2v) is 5.67. The fourth-order valence-electron chi connectivity index (χ4n) is 2.55. The molecule has 0 aliphatic carbocycles. The van der Waals surface area contributed by atoms with Gasteiger partial charge >= 0.3 is 0 Å². The Bertz CT molecular complexity index is 634. The number of nitrogens with one attached hydrogen (secondary N) is 2. The Kier molecular flexibility index (Phi) is 5.70. The average Bonchev–Trinajstić information content (AvgIpc) is 2.57.